The van der Waals surface area contributed by atoms with E-state index in [9.17, 15) is 0 Å². The lowest BCUT2D eigenvalue weighted by Crippen LogP contribution is -2.41. The lowest BCUT2D eigenvalue weighted by atomic mass is 9.91. The van der Waals surface area contributed by atoms with Crippen LogP contribution in [0, 0.1) is 0 Å². The maximum absolute atomic E-state index is 6.73. The second-order valence-corrected chi connectivity index (χ2v) is 8.79. The zero-order valence-electron chi connectivity index (χ0n) is 16.9. The van der Waals surface area contributed by atoms with Gasteiger partial charge >= 0.3 is 0 Å². The number of hydrogen-bond acceptors (Lipinski definition) is 5. The van der Waals surface area contributed by atoms with Gasteiger partial charge in [0.2, 0.25) is 0 Å². The Morgan fingerprint density at radius 1 is 1.23 bits per heavy atom. The maximum Gasteiger partial charge on any atom is 0.159 e. The molecule has 9 heteroatoms. The average molecular weight is 444 g/mol. The van der Waals surface area contributed by atoms with Crippen molar-refractivity contribution in [2.75, 3.05) is 11.9 Å². The number of rotatable bonds is 3. The Labute approximate surface area is 184 Å². The topological polar surface area (TPSA) is 88.7 Å². The molecule has 0 aliphatic heterocycles. The van der Waals surface area contributed by atoms with Gasteiger partial charge in [-0.1, -0.05) is 29.3 Å². The Morgan fingerprint density at radius 2 is 2.07 bits per heavy atom. The van der Waals surface area contributed by atoms with Crippen LogP contribution in [0.5, 0.6) is 0 Å². The van der Waals surface area contributed by atoms with Gasteiger partial charge in [0.05, 0.1) is 22.1 Å². The van der Waals surface area contributed by atoms with Crippen molar-refractivity contribution >= 4 is 51.1 Å². The zero-order valence-corrected chi connectivity index (χ0v) is 18.4. The Bertz CT molecular complexity index is 1250. The molecule has 4 aromatic rings. The minimum Gasteiger partial charge on any atom is -0.355 e. The van der Waals surface area contributed by atoms with Gasteiger partial charge in [-0.2, -0.15) is 5.10 Å². The standard InChI is InChI=1S/C21H23Cl2N7/c1-29(12-5-3-4-11(24)8-12)16-10-25-19-14(9-26-21(19)27-16)13-6-7-15-17(18(13)22)20(23)30(2)28-15/h6-7,9-12H,3-5,8,24H2,1-2H3,(H,26,27)/t11-,12-/m1/s1. The van der Waals surface area contributed by atoms with Crippen molar-refractivity contribution in [2.24, 2.45) is 12.8 Å². The third kappa shape index (κ3) is 3.12. The number of nitrogens with two attached hydrogens (primary N) is 1. The smallest absolute Gasteiger partial charge is 0.159 e. The van der Waals surface area contributed by atoms with Crippen molar-refractivity contribution in [1.82, 2.24) is 24.7 Å². The molecule has 1 aliphatic rings. The third-order valence-corrected chi connectivity index (χ3v) is 6.95. The van der Waals surface area contributed by atoms with Crippen LogP contribution in [0.2, 0.25) is 10.2 Å². The van der Waals surface area contributed by atoms with E-state index in [0.29, 0.717) is 16.2 Å². The molecule has 156 valence electrons. The number of hydrogen-bond donors (Lipinski definition) is 2. The molecule has 2 atom stereocenters. The molecule has 5 rings (SSSR count). The largest absolute Gasteiger partial charge is 0.355 e. The molecule has 0 bridgehead atoms. The minimum atomic E-state index is 0.260. The number of aromatic nitrogens is 5. The van der Waals surface area contributed by atoms with Gasteiger partial charge in [0.25, 0.3) is 0 Å². The van der Waals surface area contributed by atoms with Gasteiger partial charge in [-0.15, -0.1) is 0 Å². The average Bonchev–Trinajstić information content (AvgIpc) is 3.28. The normalized spacial score (nSPS) is 19.6. The molecular formula is C21H23Cl2N7. The molecule has 1 fully saturated rings. The summed E-state index contributed by atoms with van der Waals surface area (Å²) < 4.78 is 1.62. The van der Waals surface area contributed by atoms with Gasteiger partial charge in [-0.25, -0.2) is 9.97 Å². The fourth-order valence-electron chi connectivity index (χ4n) is 4.42. The summed E-state index contributed by atoms with van der Waals surface area (Å²) >= 11 is 13.1. The van der Waals surface area contributed by atoms with E-state index >= 15 is 0 Å². The van der Waals surface area contributed by atoms with Crippen molar-refractivity contribution in [3.63, 3.8) is 0 Å². The van der Waals surface area contributed by atoms with Crippen molar-refractivity contribution in [3.05, 3.63) is 34.7 Å². The van der Waals surface area contributed by atoms with Crippen LogP contribution >= 0.6 is 23.2 Å². The second-order valence-electron chi connectivity index (χ2n) is 8.05. The highest BCUT2D eigenvalue weighted by molar-refractivity contribution is 6.43. The number of nitrogens with zero attached hydrogens (tertiary/aromatic N) is 5. The molecule has 30 heavy (non-hydrogen) atoms. The fourth-order valence-corrected chi connectivity index (χ4v) is 5.05. The van der Waals surface area contributed by atoms with Gasteiger partial charge in [-0.3, -0.25) is 4.68 Å². The number of halogens is 2. The number of H-pyrrole nitrogens is 1. The third-order valence-electron chi connectivity index (χ3n) is 6.12. The number of aromatic amines is 1. The van der Waals surface area contributed by atoms with Crippen LogP contribution < -0.4 is 10.6 Å². The number of aryl methyl sites for hydroxylation is 1. The van der Waals surface area contributed by atoms with Gasteiger partial charge in [0.1, 0.15) is 16.5 Å². The molecule has 0 spiro atoms. The lowest BCUT2D eigenvalue weighted by molar-refractivity contribution is 0.381. The molecule has 3 N–H and O–H groups in total. The first-order valence-corrected chi connectivity index (χ1v) is 10.8. The van der Waals surface area contributed by atoms with E-state index in [-0.39, 0.29) is 6.04 Å². The Hall–Kier alpha value is -2.35. The van der Waals surface area contributed by atoms with Crippen LogP contribution in [0.1, 0.15) is 25.7 Å². The SMILES string of the molecule is CN(c1cnc2c(-c3ccc4nn(C)c(Cl)c4c3Cl)c[nH]c2n1)[C@@H]1CCC[C@@H](N)C1. The molecule has 0 saturated heterocycles. The summed E-state index contributed by atoms with van der Waals surface area (Å²) in [6, 6.07) is 4.51. The first-order chi connectivity index (χ1) is 14.4. The van der Waals surface area contributed by atoms with Crippen LogP contribution in [0.4, 0.5) is 5.82 Å². The van der Waals surface area contributed by atoms with Crippen LogP contribution in [-0.2, 0) is 7.05 Å². The van der Waals surface area contributed by atoms with Gasteiger partial charge in [-0.05, 0) is 31.7 Å². The predicted molar refractivity (Wildman–Crippen MR) is 122 cm³/mol. The monoisotopic (exact) mass is 443 g/mol. The molecular weight excluding hydrogens is 421 g/mol. The summed E-state index contributed by atoms with van der Waals surface area (Å²) in [4.78, 5) is 15.0. The maximum atomic E-state index is 6.73. The highest BCUT2D eigenvalue weighted by Crippen LogP contribution is 2.39. The summed E-state index contributed by atoms with van der Waals surface area (Å²) in [6.45, 7) is 0. The predicted octanol–water partition coefficient (Wildman–Crippen LogP) is 4.52. The summed E-state index contributed by atoms with van der Waals surface area (Å²) in [6.07, 6.45) is 8.07. The van der Waals surface area contributed by atoms with E-state index in [1.807, 2.05) is 24.5 Å². The molecule has 3 heterocycles. The van der Waals surface area contributed by atoms with E-state index in [4.69, 9.17) is 38.9 Å². The highest BCUT2D eigenvalue weighted by atomic mass is 35.5. The van der Waals surface area contributed by atoms with Gasteiger partial charge in [0, 0.05) is 43.5 Å². The first-order valence-electron chi connectivity index (χ1n) is 10.1. The fraction of sp³-hybridized carbons (Fsp3) is 0.381. The van der Waals surface area contributed by atoms with Crippen molar-refractivity contribution in [1.29, 1.82) is 0 Å². The van der Waals surface area contributed by atoms with Crippen molar-refractivity contribution < 1.29 is 0 Å². The summed E-state index contributed by atoms with van der Waals surface area (Å²) in [5.41, 5.74) is 10.2. The molecule has 0 unspecified atom stereocenters. The number of nitrogens with one attached hydrogen (secondary N) is 1. The van der Waals surface area contributed by atoms with E-state index in [2.05, 4.69) is 22.0 Å². The Balaban J connectivity index is 1.54. The lowest BCUT2D eigenvalue weighted by Gasteiger charge is -2.34. The molecule has 1 saturated carbocycles. The van der Waals surface area contributed by atoms with Crippen molar-refractivity contribution in [3.8, 4) is 11.1 Å². The summed E-state index contributed by atoms with van der Waals surface area (Å²) in [7, 11) is 3.87. The van der Waals surface area contributed by atoms with Crippen LogP contribution in [0.3, 0.4) is 0 Å². The van der Waals surface area contributed by atoms with E-state index in [0.717, 1.165) is 64.7 Å². The zero-order chi connectivity index (χ0) is 21.0. The molecule has 1 aromatic carbocycles. The molecule has 0 radical (unpaired) electrons. The van der Waals surface area contributed by atoms with Crippen LogP contribution in [-0.4, -0.2) is 43.9 Å². The first kappa shape index (κ1) is 19.6. The number of fused-ring (bicyclic) bond motifs is 2. The van der Waals surface area contributed by atoms with Crippen LogP contribution in [0.25, 0.3) is 33.2 Å². The molecule has 3 aromatic heterocycles. The van der Waals surface area contributed by atoms with E-state index < -0.39 is 0 Å². The minimum absolute atomic E-state index is 0.260. The van der Waals surface area contributed by atoms with Crippen LogP contribution in [0.15, 0.2) is 24.5 Å². The van der Waals surface area contributed by atoms with E-state index in [1.165, 1.54) is 0 Å². The Kier molecular flexibility index (Phi) is 4.84. The summed E-state index contributed by atoms with van der Waals surface area (Å²) in [5, 5.41) is 6.20. The van der Waals surface area contributed by atoms with Gasteiger partial charge < -0.3 is 15.6 Å². The van der Waals surface area contributed by atoms with Gasteiger partial charge in [0.15, 0.2) is 5.65 Å². The quantitative estimate of drug-likeness (QED) is 0.485. The number of benzene rings is 1. The number of anilines is 1. The highest BCUT2D eigenvalue weighted by Gasteiger charge is 2.24. The second kappa shape index (κ2) is 7.41. The molecule has 7 nitrogen and oxygen atoms in total. The van der Waals surface area contributed by atoms with Crippen molar-refractivity contribution in [2.45, 2.75) is 37.8 Å². The molecule has 0 amide bonds. The van der Waals surface area contributed by atoms with E-state index in [1.54, 1.807) is 11.7 Å². The summed E-state index contributed by atoms with van der Waals surface area (Å²) in [5.74, 6) is 0.840. The molecule has 1 aliphatic carbocycles. The Morgan fingerprint density at radius 3 is 2.87 bits per heavy atom.